The average Bonchev–Trinajstić information content (AvgIpc) is 3.21. The third kappa shape index (κ3) is 3.39. The molecule has 1 aromatic carbocycles. The summed E-state index contributed by atoms with van der Waals surface area (Å²) >= 11 is 1.68. The van der Waals surface area contributed by atoms with Crippen LogP contribution in [0.3, 0.4) is 0 Å². The molecule has 2 aromatic heterocycles. The molecule has 3 aromatic rings. The van der Waals surface area contributed by atoms with Crippen molar-refractivity contribution < 1.29 is 4.74 Å². The summed E-state index contributed by atoms with van der Waals surface area (Å²) < 4.78 is 7.14. The number of fused-ring (bicyclic) bond motifs is 1. The van der Waals surface area contributed by atoms with Crippen molar-refractivity contribution >= 4 is 27.8 Å². The molecule has 0 radical (unpaired) electrons. The summed E-state index contributed by atoms with van der Waals surface area (Å²) in [6, 6.07) is 10.7. The van der Waals surface area contributed by atoms with Crippen LogP contribution in [0.25, 0.3) is 10.2 Å². The summed E-state index contributed by atoms with van der Waals surface area (Å²) in [7, 11) is 0. The Labute approximate surface area is 167 Å². The Morgan fingerprint density at radius 3 is 3.18 bits per heavy atom. The minimum absolute atomic E-state index is 0.251. The lowest BCUT2D eigenvalue weighted by atomic mass is 10.0. The van der Waals surface area contributed by atoms with E-state index in [2.05, 4.69) is 45.3 Å². The topological polar surface area (TPSA) is 62.6 Å². The Hall–Kier alpha value is -2.77. The number of aliphatic imine (C=N–C) groups is 1. The number of ether oxygens (including phenoxy) is 1. The van der Waals surface area contributed by atoms with Crippen LogP contribution in [-0.4, -0.2) is 40.4 Å². The zero-order valence-electron chi connectivity index (χ0n) is 15.6. The van der Waals surface area contributed by atoms with Crippen LogP contribution >= 0.6 is 11.3 Å². The van der Waals surface area contributed by atoms with E-state index >= 15 is 0 Å². The van der Waals surface area contributed by atoms with Gasteiger partial charge in [0.2, 0.25) is 6.23 Å². The number of hydrogen-bond acceptors (Lipinski definition) is 7. The maximum absolute atomic E-state index is 5.90. The van der Waals surface area contributed by atoms with Gasteiger partial charge in [0.25, 0.3) is 0 Å². The van der Waals surface area contributed by atoms with Gasteiger partial charge in [-0.15, -0.1) is 11.3 Å². The monoisotopic (exact) mass is 391 g/mol. The fourth-order valence-electron chi connectivity index (χ4n) is 3.71. The first-order valence-corrected chi connectivity index (χ1v) is 10.3. The van der Waals surface area contributed by atoms with E-state index < -0.39 is 0 Å². The van der Waals surface area contributed by atoms with Crippen LogP contribution in [0.4, 0.5) is 0 Å². The number of pyridine rings is 1. The van der Waals surface area contributed by atoms with Gasteiger partial charge in [0.15, 0.2) is 0 Å². The molecule has 28 heavy (non-hydrogen) atoms. The zero-order chi connectivity index (χ0) is 18.9. The normalized spacial score (nSPS) is 20.7. The number of benzene rings is 1. The zero-order valence-corrected chi connectivity index (χ0v) is 16.4. The molecule has 2 unspecified atom stereocenters. The van der Waals surface area contributed by atoms with Crippen molar-refractivity contribution in [1.82, 2.24) is 20.2 Å². The lowest BCUT2D eigenvalue weighted by Crippen LogP contribution is -2.44. The second-order valence-electron chi connectivity index (χ2n) is 7.05. The minimum Gasteiger partial charge on any atom is -0.464 e. The van der Waals surface area contributed by atoms with Crippen molar-refractivity contribution in [3.8, 4) is 5.75 Å². The SMILES string of the molecule is CC(c1ccc2scnc2c1)N1CCC2=C(C1)N=CC(Oc1cccnc1)N2. The minimum atomic E-state index is -0.251. The largest absolute Gasteiger partial charge is 0.464 e. The van der Waals surface area contributed by atoms with E-state index in [-0.39, 0.29) is 6.23 Å². The van der Waals surface area contributed by atoms with Crippen molar-refractivity contribution in [2.75, 3.05) is 13.1 Å². The van der Waals surface area contributed by atoms with Gasteiger partial charge in [-0.1, -0.05) is 6.07 Å². The molecule has 0 saturated carbocycles. The van der Waals surface area contributed by atoms with E-state index in [4.69, 9.17) is 9.73 Å². The highest BCUT2D eigenvalue weighted by molar-refractivity contribution is 7.16. The van der Waals surface area contributed by atoms with Gasteiger partial charge in [-0.3, -0.25) is 14.9 Å². The molecule has 0 aliphatic carbocycles. The number of nitrogens with zero attached hydrogens (tertiary/aromatic N) is 4. The molecule has 0 saturated heterocycles. The summed E-state index contributed by atoms with van der Waals surface area (Å²) in [4.78, 5) is 15.7. The molecule has 4 heterocycles. The van der Waals surface area contributed by atoms with Gasteiger partial charge in [0, 0.05) is 37.4 Å². The fourth-order valence-corrected chi connectivity index (χ4v) is 4.37. The number of nitrogens with one attached hydrogen (secondary N) is 1. The van der Waals surface area contributed by atoms with Gasteiger partial charge < -0.3 is 10.1 Å². The van der Waals surface area contributed by atoms with Crippen molar-refractivity contribution in [3.05, 3.63) is 65.2 Å². The smallest absolute Gasteiger partial charge is 0.206 e. The molecule has 0 amide bonds. The molecular weight excluding hydrogens is 370 g/mol. The third-order valence-corrected chi connectivity index (χ3v) is 6.12. The highest BCUT2D eigenvalue weighted by Crippen LogP contribution is 2.30. The molecule has 5 rings (SSSR count). The maximum Gasteiger partial charge on any atom is 0.206 e. The molecule has 7 heteroatoms. The predicted octanol–water partition coefficient (Wildman–Crippen LogP) is 3.75. The fraction of sp³-hybridized carbons (Fsp3) is 0.286. The number of rotatable bonds is 4. The molecule has 2 atom stereocenters. The average molecular weight is 392 g/mol. The number of aromatic nitrogens is 2. The molecule has 142 valence electrons. The van der Waals surface area contributed by atoms with E-state index in [0.29, 0.717) is 6.04 Å². The Morgan fingerprint density at radius 1 is 1.32 bits per heavy atom. The molecule has 6 nitrogen and oxygen atoms in total. The molecule has 1 N–H and O–H groups in total. The van der Waals surface area contributed by atoms with Crippen molar-refractivity contribution in [2.45, 2.75) is 25.6 Å². The first kappa shape index (κ1) is 17.3. The second kappa shape index (κ2) is 7.33. The van der Waals surface area contributed by atoms with Gasteiger partial charge in [-0.05, 0) is 36.8 Å². The standard InChI is InChI=1S/C21H21N5OS/c1-14(15-4-5-20-18(9-15)24-13-28-20)26-8-6-17-19(12-26)23-11-21(25-17)27-16-3-2-7-22-10-16/h2-5,7,9-11,13-14,21,25H,6,8,12H2,1H3. The second-order valence-corrected chi connectivity index (χ2v) is 7.94. The molecule has 0 spiro atoms. The molecule has 0 bridgehead atoms. The summed E-state index contributed by atoms with van der Waals surface area (Å²) in [5, 5.41) is 3.47. The van der Waals surface area contributed by atoms with Crippen LogP contribution in [0.5, 0.6) is 5.75 Å². The Kier molecular flexibility index (Phi) is 4.54. The first-order chi connectivity index (χ1) is 13.8. The maximum atomic E-state index is 5.90. The molecule has 2 aliphatic rings. The first-order valence-electron chi connectivity index (χ1n) is 9.43. The third-order valence-electron chi connectivity index (χ3n) is 5.31. The van der Waals surface area contributed by atoms with Crippen LogP contribution in [0, 0.1) is 0 Å². The Morgan fingerprint density at radius 2 is 2.29 bits per heavy atom. The molecular formula is C21H21N5OS. The van der Waals surface area contributed by atoms with Crippen molar-refractivity contribution in [1.29, 1.82) is 0 Å². The van der Waals surface area contributed by atoms with Crippen LogP contribution in [0.15, 0.2) is 64.6 Å². The lowest BCUT2D eigenvalue weighted by Gasteiger charge is -2.36. The molecule has 2 aliphatic heterocycles. The summed E-state index contributed by atoms with van der Waals surface area (Å²) in [6.45, 7) is 4.07. The predicted molar refractivity (Wildman–Crippen MR) is 112 cm³/mol. The van der Waals surface area contributed by atoms with Crippen LogP contribution in [0.1, 0.15) is 24.9 Å². The van der Waals surface area contributed by atoms with Gasteiger partial charge in [-0.25, -0.2) is 4.98 Å². The summed E-state index contributed by atoms with van der Waals surface area (Å²) in [6.07, 6.45) is 5.96. The van der Waals surface area contributed by atoms with E-state index in [1.165, 1.54) is 16.0 Å². The molecule has 0 fully saturated rings. The lowest BCUT2D eigenvalue weighted by molar-refractivity contribution is 0.198. The van der Waals surface area contributed by atoms with Gasteiger partial charge in [0.05, 0.1) is 33.8 Å². The van der Waals surface area contributed by atoms with Crippen molar-refractivity contribution in [3.63, 3.8) is 0 Å². The summed E-state index contributed by atoms with van der Waals surface area (Å²) in [5.41, 5.74) is 6.56. The highest BCUT2D eigenvalue weighted by Gasteiger charge is 2.27. The highest BCUT2D eigenvalue weighted by atomic mass is 32.1. The van der Waals surface area contributed by atoms with Crippen LogP contribution in [-0.2, 0) is 0 Å². The van der Waals surface area contributed by atoms with E-state index in [0.717, 1.165) is 36.5 Å². The van der Waals surface area contributed by atoms with Gasteiger partial charge in [0.1, 0.15) is 5.75 Å². The summed E-state index contributed by atoms with van der Waals surface area (Å²) in [5.74, 6) is 0.735. The quantitative estimate of drug-likeness (QED) is 0.734. The van der Waals surface area contributed by atoms with Crippen LogP contribution in [0.2, 0.25) is 0 Å². The number of thiazole rings is 1. The Bertz CT molecular complexity index is 1050. The van der Waals surface area contributed by atoms with Crippen LogP contribution < -0.4 is 10.1 Å². The number of hydrogen-bond donors (Lipinski definition) is 1. The van der Waals surface area contributed by atoms with Gasteiger partial charge >= 0.3 is 0 Å². The van der Waals surface area contributed by atoms with E-state index in [1.807, 2.05) is 23.9 Å². The van der Waals surface area contributed by atoms with Gasteiger partial charge in [-0.2, -0.15) is 0 Å². The van der Waals surface area contributed by atoms with E-state index in [9.17, 15) is 0 Å². The van der Waals surface area contributed by atoms with E-state index in [1.54, 1.807) is 23.7 Å². The van der Waals surface area contributed by atoms with Crippen molar-refractivity contribution in [2.24, 2.45) is 4.99 Å². The Balaban J connectivity index is 1.27.